The lowest BCUT2D eigenvalue weighted by Crippen LogP contribution is -2.24. The molecule has 0 spiro atoms. The molecule has 1 saturated carbocycles. The van der Waals surface area contributed by atoms with Gasteiger partial charge < -0.3 is 5.32 Å². The number of rotatable bonds is 6. The molecule has 0 bridgehead atoms. The average Bonchev–Trinajstić information content (AvgIpc) is 3.09. The first kappa shape index (κ1) is 17.8. The molecule has 7 heteroatoms. The monoisotopic (exact) mass is 360 g/mol. The maximum Gasteiger partial charge on any atom is 0.240 e. The van der Waals surface area contributed by atoms with Crippen molar-refractivity contribution >= 4 is 15.8 Å². The number of nitrogens with zero attached hydrogens (tertiary/aromatic N) is 2. The molecule has 0 unspecified atom stereocenters. The molecular weight excluding hydrogens is 336 g/mol. The molecule has 1 aliphatic rings. The summed E-state index contributed by atoms with van der Waals surface area (Å²) in [4.78, 5) is 0.279. The van der Waals surface area contributed by atoms with Crippen molar-refractivity contribution in [1.29, 1.82) is 0 Å². The fraction of sp³-hybridized carbons (Fsp3) is 0.444. The summed E-state index contributed by atoms with van der Waals surface area (Å²) in [6, 6.07) is 9.58. The van der Waals surface area contributed by atoms with E-state index in [0.29, 0.717) is 23.8 Å². The van der Waals surface area contributed by atoms with Gasteiger partial charge in [0.15, 0.2) is 0 Å². The van der Waals surface area contributed by atoms with Crippen LogP contribution in [-0.2, 0) is 10.0 Å². The Labute approximate surface area is 149 Å². The van der Waals surface area contributed by atoms with Gasteiger partial charge >= 0.3 is 0 Å². The van der Waals surface area contributed by atoms with E-state index >= 15 is 0 Å². The molecule has 25 heavy (non-hydrogen) atoms. The van der Waals surface area contributed by atoms with Crippen LogP contribution in [0.4, 0.5) is 5.82 Å². The zero-order valence-electron chi connectivity index (χ0n) is 14.6. The van der Waals surface area contributed by atoms with Crippen LogP contribution in [0.15, 0.2) is 35.2 Å². The minimum Gasteiger partial charge on any atom is -0.366 e. The Morgan fingerprint density at radius 3 is 2.52 bits per heavy atom. The third-order valence-corrected chi connectivity index (χ3v) is 6.17. The smallest absolute Gasteiger partial charge is 0.240 e. The zero-order chi connectivity index (χ0) is 17.9. The van der Waals surface area contributed by atoms with E-state index in [1.54, 1.807) is 26.0 Å². The standard InChI is InChI=1S/C18H24N4O2S/c1-3-19-25(23,24)17-12-14(9-8-13(17)2)16-10-11-18(22-21-16)20-15-6-4-5-7-15/h8-12,15,19H,3-7H2,1-2H3,(H,20,22). The van der Waals surface area contributed by atoms with Crippen molar-refractivity contribution in [2.24, 2.45) is 0 Å². The highest BCUT2D eigenvalue weighted by Gasteiger charge is 2.18. The van der Waals surface area contributed by atoms with Crippen LogP contribution >= 0.6 is 0 Å². The Morgan fingerprint density at radius 2 is 1.88 bits per heavy atom. The molecule has 2 aromatic rings. The van der Waals surface area contributed by atoms with E-state index in [4.69, 9.17) is 0 Å². The molecule has 1 heterocycles. The molecule has 1 aromatic heterocycles. The van der Waals surface area contributed by atoms with Crippen molar-refractivity contribution in [3.8, 4) is 11.3 Å². The molecule has 1 aliphatic carbocycles. The van der Waals surface area contributed by atoms with Crippen LogP contribution in [0.2, 0.25) is 0 Å². The van der Waals surface area contributed by atoms with Crippen molar-refractivity contribution in [1.82, 2.24) is 14.9 Å². The second-order valence-corrected chi connectivity index (χ2v) is 8.15. The van der Waals surface area contributed by atoms with E-state index in [9.17, 15) is 8.42 Å². The number of aryl methyl sites for hydroxylation is 1. The molecule has 3 rings (SSSR count). The van der Waals surface area contributed by atoms with Crippen LogP contribution in [0.25, 0.3) is 11.3 Å². The molecule has 0 amide bonds. The third kappa shape index (κ3) is 4.16. The molecule has 0 saturated heterocycles. The fourth-order valence-corrected chi connectivity index (χ4v) is 4.47. The first-order valence-electron chi connectivity index (χ1n) is 8.70. The fourth-order valence-electron chi connectivity index (χ4n) is 3.16. The average molecular weight is 360 g/mol. The Kier molecular flexibility index (Phi) is 5.34. The Balaban J connectivity index is 1.84. The predicted molar refractivity (Wildman–Crippen MR) is 98.9 cm³/mol. The van der Waals surface area contributed by atoms with Crippen molar-refractivity contribution < 1.29 is 8.42 Å². The third-order valence-electron chi connectivity index (χ3n) is 4.48. The molecule has 0 atom stereocenters. The van der Waals surface area contributed by atoms with E-state index in [1.807, 2.05) is 18.2 Å². The molecule has 134 valence electrons. The summed E-state index contributed by atoms with van der Waals surface area (Å²) in [5, 5.41) is 11.9. The van der Waals surface area contributed by atoms with Gasteiger partial charge in [-0.05, 0) is 43.5 Å². The van der Waals surface area contributed by atoms with Gasteiger partial charge in [-0.25, -0.2) is 13.1 Å². The maximum absolute atomic E-state index is 12.3. The van der Waals surface area contributed by atoms with Gasteiger partial charge in [0.25, 0.3) is 0 Å². The van der Waals surface area contributed by atoms with Gasteiger partial charge in [0.05, 0.1) is 10.6 Å². The van der Waals surface area contributed by atoms with Crippen LogP contribution in [-0.4, -0.2) is 31.2 Å². The second-order valence-electron chi connectivity index (χ2n) is 6.41. The van der Waals surface area contributed by atoms with Crippen LogP contribution in [0.3, 0.4) is 0 Å². The predicted octanol–water partition coefficient (Wildman–Crippen LogP) is 3.10. The Hall–Kier alpha value is -1.99. The summed E-state index contributed by atoms with van der Waals surface area (Å²) >= 11 is 0. The van der Waals surface area contributed by atoms with Gasteiger partial charge in [-0.15, -0.1) is 10.2 Å². The molecule has 1 aromatic carbocycles. The number of hydrogen-bond donors (Lipinski definition) is 2. The highest BCUT2D eigenvalue weighted by molar-refractivity contribution is 7.89. The van der Waals surface area contributed by atoms with Gasteiger partial charge in [-0.1, -0.05) is 31.9 Å². The quantitative estimate of drug-likeness (QED) is 0.827. The molecular formula is C18H24N4O2S. The normalized spacial score (nSPS) is 15.4. The lowest BCUT2D eigenvalue weighted by molar-refractivity contribution is 0.583. The first-order chi connectivity index (χ1) is 12.0. The Bertz CT molecular complexity index is 829. The van der Waals surface area contributed by atoms with E-state index in [0.717, 1.165) is 11.4 Å². The van der Waals surface area contributed by atoms with Crippen molar-refractivity contribution in [2.45, 2.75) is 50.5 Å². The van der Waals surface area contributed by atoms with Crippen LogP contribution in [0.5, 0.6) is 0 Å². The Morgan fingerprint density at radius 1 is 1.12 bits per heavy atom. The second kappa shape index (κ2) is 7.49. The molecule has 6 nitrogen and oxygen atoms in total. The van der Waals surface area contributed by atoms with Gasteiger partial charge in [-0.2, -0.15) is 0 Å². The van der Waals surface area contributed by atoms with E-state index in [-0.39, 0.29) is 4.90 Å². The molecule has 2 N–H and O–H groups in total. The summed E-state index contributed by atoms with van der Waals surface area (Å²) in [5.74, 6) is 0.767. The highest BCUT2D eigenvalue weighted by Crippen LogP contribution is 2.25. The zero-order valence-corrected chi connectivity index (χ0v) is 15.4. The number of nitrogens with one attached hydrogen (secondary N) is 2. The van der Waals surface area contributed by atoms with Gasteiger partial charge in [0.1, 0.15) is 5.82 Å². The van der Waals surface area contributed by atoms with Gasteiger partial charge in [0.2, 0.25) is 10.0 Å². The summed E-state index contributed by atoms with van der Waals surface area (Å²) in [6.07, 6.45) is 4.87. The first-order valence-corrected chi connectivity index (χ1v) is 10.2. The van der Waals surface area contributed by atoms with E-state index in [2.05, 4.69) is 20.2 Å². The number of sulfonamides is 1. The van der Waals surface area contributed by atoms with Crippen LogP contribution in [0, 0.1) is 6.92 Å². The molecule has 0 aliphatic heterocycles. The van der Waals surface area contributed by atoms with Crippen molar-refractivity contribution in [2.75, 3.05) is 11.9 Å². The number of anilines is 1. The van der Waals surface area contributed by atoms with Crippen molar-refractivity contribution in [3.63, 3.8) is 0 Å². The SMILES string of the molecule is CCNS(=O)(=O)c1cc(-c2ccc(NC3CCCC3)nn2)ccc1C. The number of hydrogen-bond acceptors (Lipinski definition) is 5. The number of benzene rings is 1. The minimum atomic E-state index is -3.51. The van der Waals surface area contributed by atoms with Crippen LogP contribution < -0.4 is 10.0 Å². The van der Waals surface area contributed by atoms with Gasteiger partial charge in [-0.3, -0.25) is 0 Å². The highest BCUT2D eigenvalue weighted by atomic mass is 32.2. The molecule has 1 fully saturated rings. The summed E-state index contributed by atoms with van der Waals surface area (Å²) in [6.45, 7) is 3.90. The van der Waals surface area contributed by atoms with E-state index < -0.39 is 10.0 Å². The lowest BCUT2D eigenvalue weighted by Gasteiger charge is -2.12. The van der Waals surface area contributed by atoms with Gasteiger partial charge in [0, 0.05) is 18.2 Å². The molecule has 0 radical (unpaired) electrons. The topological polar surface area (TPSA) is 84.0 Å². The minimum absolute atomic E-state index is 0.279. The summed E-state index contributed by atoms with van der Waals surface area (Å²) < 4.78 is 27.2. The lowest BCUT2D eigenvalue weighted by atomic mass is 10.1. The summed E-state index contributed by atoms with van der Waals surface area (Å²) in [5.41, 5.74) is 2.10. The number of aromatic nitrogens is 2. The van der Waals surface area contributed by atoms with Crippen molar-refractivity contribution in [3.05, 3.63) is 35.9 Å². The van der Waals surface area contributed by atoms with Crippen LogP contribution in [0.1, 0.15) is 38.2 Å². The maximum atomic E-state index is 12.3. The largest absolute Gasteiger partial charge is 0.366 e. The summed E-state index contributed by atoms with van der Waals surface area (Å²) in [7, 11) is -3.51. The van der Waals surface area contributed by atoms with E-state index in [1.165, 1.54) is 25.7 Å².